The Hall–Kier alpha value is -1.59. The van der Waals surface area contributed by atoms with Crippen LogP contribution >= 0.6 is 0 Å². The Morgan fingerprint density at radius 2 is 2.07 bits per heavy atom. The second kappa shape index (κ2) is 3.65. The van der Waals surface area contributed by atoms with Gasteiger partial charge in [-0.15, -0.1) is 0 Å². The third-order valence-electron chi connectivity index (χ3n) is 2.26. The van der Waals surface area contributed by atoms with E-state index < -0.39 is 0 Å². The summed E-state index contributed by atoms with van der Waals surface area (Å²) in [6, 6.07) is 0. The lowest BCUT2D eigenvalue weighted by Crippen LogP contribution is -2.25. The maximum atomic E-state index is 11.2. The molecule has 0 aliphatic carbocycles. The normalized spacial score (nSPS) is 15.9. The molecule has 0 bridgehead atoms. The minimum absolute atomic E-state index is 0.355. The Balaban J connectivity index is 2.32. The second-order valence-corrected chi connectivity index (χ2v) is 3.25. The molecule has 0 unspecified atom stereocenters. The first-order chi connectivity index (χ1) is 6.79. The molecule has 1 aliphatic heterocycles. The van der Waals surface area contributed by atoms with Crippen LogP contribution in [0.4, 0.5) is 11.9 Å². The summed E-state index contributed by atoms with van der Waals surface area (Å²) in [5.74, 6) is 0.988. The van der Waals surface area contributed by atoms with Crippen LogP contribution in [0.25, 0.3) is 0 Å². The van der Waals surface area contributed by atoms with Crippen molar-refractivity contribution in [3.63, 3.8) is 0 Å². The van der Waals surface area contributed by atoms with Crippen molar-refractivity contribution in [1.29, 1.82) is 0 Å². The third kappa shape index (κ3) is 1.68. The molecular weight excluding hydrogens is 182 g/mol. The van der Waals surface area contributed by atoms with Crippen LogP contribution in [0.2, 0.25) is 0 Å². The van der Waals surface area contributed by atoms with Crippen LogP contribution in [-0.2, 0) is 0 Å². The van der Waals surface area contributed by atoms with Crippen molar-refractivity contribution >= 4 is 11.9 Å². The van der Waals surface area contributed by atoms with Crippen molar-refractivity contribution in [3.8, 4) is 0 Å². The van der Waals surface area contributed by atoms with Crippen molar-refractivity contribution < 1.29 is 0 Å². The summed E-state index contributed by atoms with van der Waals surface area (Å²) >= 11 is 0. The fourth-order valence-corrected chi connectivity index (χ4v) is 1.55. The highest BCUT2D eigenvalue weighted by molar-refractivity contribution is 5.35. The molecule has 6 nitrogen and oxygen atoms in total. The van der Waals surface area contributed by atoms with E-state index in [1.807, 2.05) is 4.90 Å². The largest absolute Gasteiger partial charge is 0.359 e. The number of H-pyrrole nitrogens is 1. The predicted molar refractivity (Wildman–Crippen MR) is 53.6 cm³/mol. The van der Waals surface area contributed by atoms with E-state index in [0.717, 1.165) is 25.9 Å². The predicted octanol–water partition coefficient (Wildman–Crippen LogP) is -0.193. The van der Waals surface area contributed by atoms with Gasteiger partial charge in [0, 0.05) is 20.1 Å². The molecule has 2 rings (SSSR count). The average Bonchev–Trinajstić information content (AvgIpc) is 2.69. The Kier molecular flexibility index (Phi) is 2.34. The standard InChI is InChI=1S/C8H13N5O/c1-9-6-10-7(12-8(14)11-6)13-4-2-3-5-13/h2-5H2,1H3,(H2,9,10,11,12,14). The summed E-state index contributed by atoms with van der Waals surface area (Å²) in [6.07, 6.45) is 2.29. The molecule has 6 heteroatoms. The van der Waals surface area contributed by atoms with Crippen molar-refractivity contribution in [2.75, 3.05) is 30.4 Å². The number of hydrogen-bond donors (Lipinski definition) is 2. The van der Waals surface area contributed by atoms with Crippen LogP contribution in [0.3, 0.4) is 0 Å². The van der Waals surface area contributed by atoms with E-state index in [2.05, 4.69) is 20.3 Å². The van der Waals surface area contributed by atoms with Gasteiger partial charge < -0.3 is 10.2 Å². The Morgan fingerprint density at radius 1 is 1.36 bits per heavy atom. The summed E-state index contributed by atoms with van der Waals surface area (Å²) in [5.41, 5.74) is -0.355. The molecule has 0 saturated carbocycles. The van der Waals surface area contributed by atoms with Gasteiger partial charge in [-0.05, 0) is 12.8 Å². The van der Waals surface area contributed by atoms with Crippen molar-refractivity contribution in [1.82, 2.24) is 15.0 Å². The molecule has 0 amide bonds. The number of hydrogen-bond acceptors (Lipinski definition) is 5. The average molecular weight is 195 g/mol. The molecule has 2 N–H and O–H groups in total. The van der Waals surface area contributed by atoms with Gasteiger partial charge in [-0.1, -0.05) is 0 Å². The molecule has 76 valence electrons. The summed E-state index contributed by atoms with van der Waals surface area (Å²) in [6.45, 7) is 1.87. The first kappa shape index (κ1) is 8.98. The number of aromatic nitrogens is 3. The molecule has 1 saturated heterocycles. The molecule has 0 atom stereocenters. The zero-order chi connectivity index (χ0) is 9.97. The minimum Gasteiger partial charge on any atom is -0.359 e. The fraction of sp³-hybridized carbons (Fsp3) is 0.625. The molecule has 0 radical (unpaired) electrons. The van der Waals surface area contributed by atoms with Gasteiger partial charge in [-0.3, -0.25) is 4.98 Å². The lowest BCUT2D eigenvalue weighted by Gasteiger charge is -2.14. The van der Waals surface area contributed by atoms with Crippen molar-refractivity contribution in [3.05, 3.63) is 10.5 Å². The molecule has 2 heterocycles. The topological polar surface area (TPSA) is 73.9 Å². The Morgan fingerprint density at radius 3 is 2.71 bits per heavy atom. The Bertz CT molecular complexity index is 368. The maximum Gasteiger partial charge on any atom is 0.350 e. The van der Waals surface area contributed by atoms with Crippen LogP contribution in [0.15, 0.2) is 4.79 Å². The number of rotatable bonds is 2. The number of nitrogens with one attached hydrogen (secondary N) is 2. The van der Waals surface area contributed by atoms with Gasteiger partial charge >= 0.3 is 5.69 Å². The SMILES string of the molecule is CNc1nc(N2CCCC2)nc(=O)[nH]1. The zero-order valence-corrected chi connectivity index (χ0v) is 8.08. The van der Waals surface area contributed by atoms with Gasteiger partial charge in [0.05, 0.1) is 0 Å². The quantitative estimate of drug-likeness (QED) is 0.684. The molecule has 0 aromatic carbocycles. The van der Waals surface area contributed by atoms with Gasteiger partial charge in [0.2, 0.25) is 11.9 Å². The molecule has 1 aromatic rings. The van der Waals surface area contributed by atoms with Gasteiger partial charge in [0.1, 0.15) is 0 Å². The minimum atomic E-state index is -0.355. The van der Waals surface area contributed by atoms with Gasteiger partial charge in [0.25, 0.3) is 0 Å². The van der Waals surface area contributed by atoms with E-state index in [1.54, 1.807) is 7.05 Å². The zero-order valence-electron chi connectivity index (χ0n) is 8.08. The molecule has 0 spiro atoms. The van der Waals surface area contributed by atoms with Gasteiger partial charge in [0.15, 0.2) is 0 Å². The smallest absolute Gasteiger partial charge is 0.350 e. The van der Waals surface area contributed by atoms with E-state index in [-0.39, 0.29) is 5.69 Å². The van der Waals surface area contributed by atoms with Crippen LogP contribution in [0, 0.1) is 0 Å². The molecule has 1 aliphatic rings. The van der Waals surface area contributed by atoms with Gasteiger partial charge in [-0.25, -0.2) is 4.79 Å². The van der Waals surface area contributed by atoms with E-state index in [0.29, 0.717) is 11.9 Å². The van der Waals surface area contributed by atoms with Gasteiger partial charge in [-0.2, -0.15) is 9.97 Å². The first-order valence-electron chi connectivity index (χ1n) is 4.70. The summed E-state index contributed by atoms with van der Waals surface area (Å²) in [5, 5.41) is 2.80. The molecule has 1 aromatic heterocycles. The molecular formula is C8H13N5O. The van der Waals surface area contributed by atoms with Crippen molar-refractivity contribution in [2.24, 2.45) is 0 Å². The number of nitrogens with zero attached hydrogens (tertiary/aromatic N) is 3. The highest BCUT2D eigenvalue weighted by Crippen LogP contribution is 2.14. The molecule has 1 fully saturated rings. The lowest BCUT2D eigenvalue weighted by molar-refractivity contribution is 0.864. The van der Waals surface area contributed by atoms with E-state index in [9.17, 15) is 4.79 Å². The van der Waals surface area contributed by atoms with E-state index >= 15 is 0 Å². The Labute approximate surface area is 81.4 Å². The highest BCUT2D eigenvalue weighted by atomic mass is 16.1. The van der Waals surface area contributed by atoms with E-state index in [1.165, 1.54) is 0 Å². The molecule has 14 heavy (non-hydrogen) atoms. The second-order valence-electron chi connectivity index (χ2n) is 3.25. The number of aromatic amines is 1. The van der Waals surface area contributed by atoms with Crippen LogP contribution < -0.4 is 15.9 Å². The fourth-order valence-electron chi connectivity index (χ4n) is 1.55. The third-order valence-corrected chi connectivity index (χ3v) is 2.26. The highest BCUT2D eigenvalue weighted by Gasteiger charge is 2.15. The van der Waals surface area contributed by atoms with Crippen LogP contribution in [0.1, 0.15) is 12.8 Å². The summed E-state index contributed by atoms with van der Waals surface area (Å²) < 4.78 is 0. The summed E-state index contributed by atoms with van der Waals surface area (Å²) in [4.78, 5) is 23.7. The lowest BCUT2D eigenvalue weighted by atomic mass is 10.4. The van der Waals surface area contributed by atoms with Crippen molar-refractivity contribution in [2.45, 2.75) is 12.8 Å². The monoisotopic (exact) mass is 195 g/mol. The maximum absolute atomic E-state index is 11.2. The number of anilines is 2. The van der Waals surface area contributed by atoms with E-state index in [4.69, 9.17) is 0 Å². The van der Waals surface area contributed by atoms with Crippen LogP contribution in [-0.4, -0.2) is 35.1 Å². The first-order valence-corrected chi connectivity index (χ1v) is 4.70. The summed E-state index contributed by atoms with van der Waals surface area (Å²) in [7, 11) is 1.71. The van der Waals surface area contributed by atoms with Crippen LogP contribution in [0.5, 0.6) is 0 Å².